The predicted octanol–water partition coefficient (Wildman–Crippen LogP) is 18.4. The van der Waals surface area contributed by atoms with Gasteiger partial charge in [-0.25, -0.2) is 0 Å². The summed E-state index contributed by atoms with van der Waals surface area (Å²) in [6.45, 7) is 25.2. The van der Waals surface area contributed by atoms with Gasteiger partial charge in [-0.1, -0.05) is 141 Å². The Labute approximate surface area is 391 Å². The van der Waals surface area contributed by atoms with Crippen molar-refractivity contribution in [1.29, 1.82) is 0 Å². The van der Waals surface area contributed by atoms with Crippen LogP contribution in [0.4, 0.5) is 17.1 Å². The topological polar surface area (TPSA) is 8.17 Å². The van der Waals surface area contributed by atoms with Crippen molar-refractivity contribution in [2.24, 2.45) is 0 Å². The van der Waals surface area contributed by atoms with Crippen molar-refractivity contribution in [3.63, 3.8) is 0 Å². The SMILES string of the molecule is Cc1ccc(-c2ccccc2)cc1N(c1ccc2cc3c(cc2c1)-c1cc2ccc(-n4c5ccc(C(C)(C)C)cc5c5cc(C(C)(C)C)ccc54)cc2cc1-3)c1cc(C(C)(C)C)ccc1C. The van der Waals surface area contributed by atoms with E-state index in [1.807, 2.05) is 0 Å². The second kappa shape index (κ2) is 14.8. The number of hydrogen-bond donors (Lipinski definition) is 0. The van der Waals surface area contributed by atoms with E-state index in [-0.39, 0.29) is 16.2 Å². The molecule has 0 unspecified atom stereocenters. The van der Waals surface area contributed by atoms with Crippen LogP contribution in [0.5, 0.6) is 0 Å². The third-order valence-electron chi connectivity index (χ3n) is 14.4. The summed E-state index contributed by atoms with van der Waals surface area (Å²) >= 11 is 0. The summed E-state index contributed by atoms with van der Waals surface area (Å²) in [6, 6.07) is 62.6. The van der Waals surface area contributed by atoms with Gasteiger partial charge in [0.05, 0.1) is 11.0 Å². The van der Waals surface area contributed by atoms with Gasteiger partial charge < -0.3 is 9.47 Å². The quantitative estimate of drug-likeness (QED) is 0.167. The van der Waals surface area contributed by atoms with E-state index < -0.39 is 0 Å². The van der Waals surface area contributed by atoms with Crippen LogP contribution in [0.1, 0.15) is 90.1 Å². The normalized spacial score (nSPS) is 12.8. The Morgan fingerprint density at radius 2 is 0.833 bits per heavy atom. The van der Waals surface area contributed by atoms with E-state index in [9.17, 15) is 0 Å². The lowest BCUT2D eigenvalue weighted by Gasteiger charge is -2.31. The second-order valence-electron chi connectivity index (χ2n) is 22.1. The van der Waals surface area contributed by atoms with Gasteiger partial charge in [0.15, 0.2) is 0 Å². The van der Waals surface area contributed by atoms with E-state index in [1.165, 1.54) is 122 Å². The summed E-state index contributed by atoms with van der Waals surface area (Å²) < 4.78 is 2.48. The third kappa shape index (κ3) is 6.92. The van der Waals surface area contributed by atoms with Crippen molar-refractivity contribution in [2.45, 2.75) is 92.4 Å². The molecule has 10 aromatic rings. The van der Waals surface area contributed by atoms with Crippen LogP contribution in [0.25, 0.3) is 82.4 Å². The zero-order valence-electron chi connectivity index (χ0n) is 40.5. The molecule has 2 nitrogen and oxygen atoms in total. The third-order valence-corrected chi connectivity index (χ3v) is 14.4. The number of nitrogens with zero attached hydrogens (tertiary/aromatic N) is 2. The number of fused-ring (bicyclic) bond motifs is 9. The smallest absolute Gasteiger partial charge is 0.0541 e. The molecule has 1 aliphatic rings. The molecule has 0 saturated carbocycles. The van der Waals surface area contributed by atoms with Gasteiger partial charge in [0.25, 0.3) is 0 Å². The first-order valence-electron chi connectivity index (χ1n) is 23.7. The van der Waals surface area contributed by atoms with Crippen molar-refractivity contribution < 1.29 is 0 Å². The van der Waals surface area contributed by atoms with Crippen molar-refractivity contribution >= 4 is 60.4 Å². The standard InChI is InChI=1S/C64H60N2/c1-39-17-19-44(41-15-13-12-14-16-41)35-60(39)66(61-38-49(64(9,10)11)22-18-40(61)2)51-26-21-43-32-53-54-33-45-29-50(25-20-42(45)31-52(54)55(53)34-46(43)30-51)65-58-27-23-47(62(3,4)5)36-56(58)57-37-48(63(6,7)8)24-28-59(57)65/h12-38H,1-11H3. The minimum Gasteiger partial charge on any atom is -0.310 e. The van der Waals surface area contributed by atoms with Gasteiger partial charge in [-0.2, -0.15) is 0 Å². The van der Waals surface area contributed by atoms with Crippen molar-refractivity contribution in [3.8, 4) is 39.1 Å². The zero-order chi connectivity index (χ0) is 46.0. The van der Waals surface area contributed by atoms with Crippen LogP contribution >= 0.6 is 0 Å². The van der Waals surface area contributed by atoms with Crippen molar-refractivity contribution in [1.82, 2.24) is 4.57 Å². The summed E-state index contributed by atoms with van der Waals surface area (Å²) in [6.07, 6.45) is 0. The minimum absolute atomic E-state index is 0.0118. The highest BCUT2D eigenvalue weighted by molar-refractivity contribution is 6.13. The molecule has 0 bridgehead atoms. The van der Waals surface area contributed by atoms with E-state index in [4.69, 9.17) is 0 Å². The molecule has 0 fully saturated rings. The molecule has 0 atom stereocenters. The van der Waals surface area contributed by atoms with Gasteiger partial charge in [0, 0.05) is 33.5 Å². The number of anilines is 3. The van der Waals surface area contributed by atoms with Gasteiger partial charge in [0.1, 0.15) is 0 Å². The summed E-state index contributed by atoms with van der Waals surface area (Å²) in [7, 11) is 0. The summed E-state index contributed by atoms with van der Waals surface area (Å²) in [5.74, 6) is 0. The molecular weight excluding hydrogens is 797 g/mol. The molecule has 0 saturated heterocycles. The molecule has 0 amide bonds. The highest BCUT2D eigenvalue weighted by Gasteiger charge is 2.27. The Morgan fingerprint density at radius 3 is 1.39 bits per heavy atom. The number of benzene rings is 9. The minimum atomic E-state index is 0.0118. The lowest BCUT2D eigenvalue weighted by molar-refractivity contribution is 0.590. The Morgan fingerprint density at radius 1 is 0.364 bits per heavy atom. The Hall–Kier alpha value is -6.90. The fraction of sp³-hybridized carbons (Fsp3) is 0.219. The molecule has 0 N–H and O–H groups in total. The summed E-state index contributed by atoms with van der Waals surface area (Å²) in [4.78, 5) is 2.49. The molecule has 1 heterocycles. The van der Waals surface area contributed by atoms with Crippen molar-refractivity contribution in [3.05, 3.63) is 192 Å². The highest BCUT2D eigenvalue weighted by atomic mass is 15.1. The van der Waals surface area contributed by atoms with E-state index >= 15 is 0 Å². The van der Waals surface area contributed by atoms with Gasteiger partial charge in [0.2, 0.25) is 0 Å². The second-order valence-corrected chi connectivity index (χ2v) is 22.1. The first-order valence-corrected chi connectivity index (χ1v) is 23.7. The van der Waals surface area contributed by atoms with E-state index in [1.54, 1.807) is 0 Å². The van der Waals surface area contributed by atoms with E-state index in [0.29, 0.717) is 0 Å². The molecule has 2 heteroatoms. The fourth-order valence-corrected chi connectivity index (χ4v) is 10.3. The molecule has 0 spiro atoms. The fourth-order valence-electron chi connectivity index (χ4n) is 10.3. The summed E-state index contributed by atoms with van der Waals surface area (Å²) in [5.41, 5.74) is 21.6. The lowest BCUT2D eigenvalue weighted by Crippen LogP contribution is -2.16. The average molecular weight is 857 g/mol. The first kappa shape index (κ1) is 41.8. The Kier molecular flexibility index (Phi) is 9.37. The zero-order valence-corrected chi connectivity index (χ0v) is 40.5. The number of aromatic nitrogens is 1. The van der Waals surface area contributed by atoms with Crippen LogP contribution in [0.3, 0.4) is 0 Å². The molecule has 1 aromatic heterocycles. The average Bonchev–Trinajstić information content (AvgIpc) is 3.61. The van der Waals surface area contributed by atoms with E-state index in [2.05, 4.69) is 249 Å². The van der Waals surface area contributed by atoms with E-state index in [0.717, 1.165) is 5.69 Å². The predicted molar refractivity (Wildman–Crippen MR) is 286 cm³/mol. The molecular formula is C64H60N2. The maximum absolute atomic E-state index is 2.49. The van der Waals surface area contributed by atoms with Crippen molar-refractivity contribution in [2.75, 3.05) is 4.90 Å². The molecule has 1 aliphatic carbocycles. The summed E-state index contributed by atoms with van der Waals surface area (Å²) in [5, 5.41) is 7.65. The molecule has 326 valence electrons. The number of rotatable bonds is 5. The monoisotopic (exact) mass is 856 g/mol. The lowest BCUT2D eigenvalue weighted by atomic mass is 9.78. The Balaban J connectivity index is 1.01. The number of aryl methyl sites for hydroxylation is 2. The molecule has 9 aromatic carbocycles. The van der Waals surface area contributed by atoms with Gasteiger partial charge >= 0.3 is 0 Å². The van der Waals surface area contributed by atoms with Crippen LogP contribution in [-0.2, 0) is 16.2 Å². The molecule has 0 aliphatic heterocycles. The maximum Gasteiger partial charge on any atom is 0.0541 e. The Bertz CT molecular complexity index is 3530. The van der Waals surface area contributed by atoms with Gasteiger partial charge in [-0.15, -0.1) is 0 Å². The van der Waals surface area contributed by atoms with Crippen LogP contribution in [0.15, 0.2) is 164 Å². The van der Waals surface area contributed by atoms with Crippen LogP contribution in [0.2, 0.25) is 0 Å². The van der Waals surface area contributed by atoms with Crippen LogP contribution in [-0.4, -0.2) is 4.57 Å². The number of hydrogen-bond acceptors (Lipinski definition) is 1. The van der Waals surface area contributed by atoms with Gasteiger partial charge in [-0.3, -0.25) is 0 Å². The largest absolute Gasteiger partial charge is 0.310 e. The molecule has 11 rings (SSSR count). The van der Waals surface area contributed by atoms with Crippen LogP contribution in [0, 0.1) is 13.8 Å². The maximum atomic E-state index is 2.49. The molecule has 66 heavy (non-hydrogen) atoms. The van der Waals surface area contributed by atoms with Gasteiger partial charge in [-0.05, 0) is 198 Å². The van der Waals surface area contributed by atoms with Crippen LogP contribution < -0.4 is 4.90 Å². The first-order chi connectivity index (χ1) is 31.4. The highest BCUT2D eigenvalue weighted by Crippen LogP contribution is 2.52. The molecule has 0 radical (unpaired) electrons.